The second kappa shape index (κ2) is 10.1. The number of rotatable bonds is 8. The fourth-order valence-electron chi connectivity index (χ4n) is 6.95. The maximum atomic E-state index is 13.5. The molecule has 0 aliphatic heterocycles. The molecule has 2 aliphatic rings. The van der Waals surface area contributed by atoms with Gasteiger partial charge in [0, 0.05) is 23.8 Å². The molecule has 0 amide bonds. The fraction of sp³-hybridized carbons (Fsp3) is 0.333. The molecule has 196 valence electrons. The zero-order chi connectivity index (χ0) is 27.1. The van der Waals surface area contributed by atoms with Crippen LogP contribution in [0.3, 0.4) is 0 Å². The molecule has 0 atom stereocenters. The Kier molecular flexibility index (Phi) is 6.61. The molecule has 2 aliphatic carbocycles. The first-order chi connectivity index (χ1) is 18.8. The van der Waals surface area contributed by atoms with Crippen molar-refractivity contribution in [2.45, 2.75) is 52.0 Å². The highest BCUT2D eigenvalue weighted by Crippen LogP contribution is 2.62. The van der Waals surface area contributed by atoms with Crippen molar-refractivity contribution < 1.29 is 9.59 Å². The monoisotopic (exact) mass is 535 g/mol. The SMILES string of the molecule is [C-]#[N+]c1ccc(-c2ccc(Cn3ncc4c(Cl)ccc(C(=O)CC5CC6(CC(CC(C)=O)C6)C5)c43)cc2)cc1. The van der Waals surface area contributed by atoms with E-state index in [0.717, 1.165) is 53.3 Å². The summed E-state index contributed by atoms with van der Waals surface area (Å²) in [6.07, 6.45) is 7.47. The van der Waals surface area contributed by atoms with E-state index >= 15 is 0 Å². The van der Waals surface area contributed by atoms with Gasteiger partial charge in [-0.2, -0.15) is 5.10 Å². The summed E-state index contributed by atoms with van der Waals surface area (Å²) >= 11 is 6.51. The largest absolute Gasteiger partial charge is 0.300 e. The zero-order valence-corrected chi connectivity index (χ0v) is 22.7. The molecular weight excluding hydrogens is 506 g/mol. The van der Waals surface area contributed by atoms with E-state index in [1.165, 1.54) is 0 Å². The van der Waals surface area contributed by atoms with Gasteiger partial charge < -0.3 is 4.79 Å². The Labute approximate surface area is 233 Å². The fourth-order valence-corrected chi connectivity index (χ4v) is 7.15. The van der Waals surface area contributed by atoms with Gasteiger partial charge in [0.05, 0.1) is 29.9 Å². The molecule has 6 heteroatoms. The smallest absolute Gasteiger partial charge is 0.187 e. The average molecular weight is 536 g/mol. The number of benzene rings is 3. The summed E-state index contributed by atoms with van der Waals surface area (Å²) in [6.45, 7) is 9.34. The van der Waals surface area contributed by atoms with Crippen molar-refractivity contribution >= 4 is 39.8 Å². The Morgan fingerprint density at radius 1 is 0.949 bits per heavy atom. The van der Waals surface area contributed by atoms with E-state index in [-0.39, 0.29) is 11.6 Å². The number of nitrogens with zero attached hydrogens (tertiary/aromatic N) is 3. The zero-order valence-electron chi connectivity index (χ0n) is 22.0. The van der Waals surface area contributed by atoms with E-state index in [9.17, 15) is 9.59 Å². The maximum absolute atomic E-state index is 13.5. The molecule has 0 bridgehead atoms. The molecule has 1 heterocycles. The van der Waals surface area contributed by atoms with Crippen molar-refractivity contribution in [3.05, 3.63) is 94.4 Å². The van der Waals surface area contributed by atoms with E-state index in [0.29, 0.717) is 52.9 Å². The van der Waals surface area contributed by atoms with E-state index in [1.807, 2.05) is 35.0 Å². The van der Waals surface area contributed by atoms with E-state index in [2.05, 4.69) is 34.2 Å². The lowest BCUT2D eigenvalue weighted by Crippen LogP contribution is -2.48. The second-order valence-electron chi connectivity index (χ2n) is 11.6. The van der Waals surface area contributed by atoms with Crippen molar-refractivity contribution in [2.24, 2.45) is 17.3 Å². The van der Waals surface area contributed by atoms with Crippen LogP contribution >= 0.6 is 11.6 Å². The summed E-state index contributed by atoms with van der Waals surface area (Å²) in [5, 5.41) is 6.01. The molecule has 0 N–H and O–H groups in total. The Morgan fingerprint density at radius 2 is 1.56 bits per heavy atom. The number of fused-ring (bicyclic) bond motifs is 1. The molecule has 6 rings (SSSR count). The Morgan fingerprint density at radius 3 is 2.18 bits per heavy atom. The van der Waals surface area contributed by atoms with Gasteiger partial charge in [0.15, 0.2) is 11.5 Å². The molecule has 2 saturated carbocycles. The van der Waals surface area contributed by atoms with Gasteiger partial charge in [-0.1, -0.05) is 60.1 Å². The average Bonchev–Trinajstić information content (AvgIpc) is 3.31. The highest BCUT2D eigenvalue weighted by molar-refractivity contribution is 6.36. The predicted octanol–water partition coefficient (Wildman–Crippen LogP) is 8.31. The molecule has 3 aromatic carbocycles. The summed E-state index contributed by atoms with van der Waals surface area (Å²) in [5.41, 5.74) is 5.71. The van der Waals surface area contributed by atoms with Gasteiger partial charge in [-0.3, -0.25) is 9.48 Å². The highest BCUT2D eigenvalue weighted by Gasteiger charge is 2.52. The third-order valence-corrected chi connectivity index (χ3v) is 8.93. The Bertz CT molecular complexity index is 1600. The number of aromatic nitrogens is 2. The predicted molar refractivity (Wildman–Crippen MR) is 154 cm³/mol. The lowest BCUT2D eigenvalue weighted by molar-refractivity contribution is -0.123. The number of hydrogen-bond acceptors (Lipinski definition) is 3. The van der Waals surface area contributed by atoms with Crippen molar-refractivity contribution in [2.75, 3.05) is 0 Å². The molecule has 0 saturated heterocycles. The molecule has 1 spiro atoms. The van der Waals surface area contributed by atoms with Gasteiger partial charge in [0.25, 0.3) is 0 Å². The second-order valence-corrected chi connectivity index (χ2v) is 12.0. The quantitative estimate of drug-likeness (QED) is 0.168. The molecule has 2 fully saturated rings. The van der Waals surface area contributed by atoms with Crippen LogP contribution in [0.15, 0.2) is 66.9 Å². The van der Waals surface area contributed by atoms with E-state index < -0.39 is 0 Å². The minimum atomic E-state index is 0.149. The number of carbonyl (C=O) groups is 2. The van der Waals surface area contributed by atoms with Crippen LogP contribution in [0.1, 0.15) is 61.4 Å². The van der Waals surface area contributed by atoms with Crippen LogP contribution in [0.2, 0.25) is 5.02 Å². The molecule has 1 aromatic heterocycles. The minimum Gasteiger partial charge on any atom is -0.300 e. The molecule has 0 radical (unpaired) electrons. The highest BCUT2D eigenvalue weighted by atomic mass is 35.5. The van der Waals surface area contributed by atoms with Crippen molar-refractivity contribution in [1.82, 2.24) is 9.78 Å². The summed E-state index contributed by atoms with van der Waals surface area (Å²) < 4.78 is 1.88. The summed E-state index contributed by atoms with van der Waals surface area (Å²) in [5.74, 6) is 1.39. The summed E-state index contributed by atoms with van der Waals surface area (Å²) in [4.78, 5) is 28.4. The van der Waals surface area contributed by atoms with Crippen LogP contribution in [0, 0.1) is 23.8 Å². The molecule has 39 heavy (non-hydrogen) atoms. The number of ketones is 2. The third-order valence-electron chi connectivity index (χ3n) is 8.60. The van der Waals surface area contributed by atoms with Crippen molar-refractivity contribution in [3.8, 4) is 11.1 Å². The molecular formula is C33H30ClN3O2. The first-order valence-electron chi connectivity index (χ1n) is 13.6. The maximum Gasteiger partial charge on any atom is 0.187 e. The molecule has 4 aromatic rings. The standard InChI is InChI=1S/C33H30ClN3O2/c1-21(38)13-23-15-33(16-23)17-24(18-33)14-31(39)28-11-12-30(34)29-19-36-37(32(28)29)20-22-3-5-25(6-4-22)26-7-9-27(35-2)10-8-26/h3-12,19,23-24H,13-18,20H2,1H3. The number of hydrogen-bond donors (Lipinski definition) is 0. The Balaban J connectivity index is 1.16. The van der Waals surface area contributed by atoms with Crippen LogP contribution < -0.4 is 0 Å². The number of Topliss-reactive ketones (excluding diaryl/α,β-unsaturated/α-hetero) is 2. The van der Waals surface area contributed by atoms with Gasteiger partial charge in [-0.15, -0.1) is 0 Å². The van der Waals surface area contributed by atoms with Gasteiger partial charge in [-0.25, -0.2) is 4.85 Å². The summed E-state index contributed by atoms with van der Waals surface area (Å²) in [7, 11) is 0. The van der Waals surface area contributed by atoms with Crippen LogP contribution in [-0.2, 0) is 11.3 Å². The lowest BCUT2D eigenvalue weighted by atomic mass is 9.47. The van der Waals surface area contributed by atoms with Crippen molar-refractivity contribution in [1.29, 1.82) is 0 Å². The topological polar surface area (TPSA) is 56.3 Å². The third kappa shape index (κ3) is 5.02. The van der Waals surface area contributed by atoms with Crippen LogP contribution in [0.4, 0.5) is 5.69 Å². The number of carbonyl (C=O) groups excluding carboxylic acids is 2. The summed E-state index contributed by atoms with van der Waals surface area (Å²) in [6, 6.07) is 19.5. The minimum absolute atomic E-state index is 0.149. The Hall–Kier alpha value is -3.75. The van der Waals surface area contributed by atoms with E-state index in [4.69, 9.17) is 18.2 Å². The first-order valence-corrected chi connectivity index (χ1v) is 13.9. The van der Waals surface area contributed by atoms with Gasteiger partial charge in [0.1, 0.15) is 5.78 Å². The number of halogens is 1. The first kappa shape index (κ1) is 25.5. The van der Waals surface area contributed by atoms with Crippen molar-refractivity contribution in [3.63, 3.8) is 0 Å². The van der Waals surface area contributed by atoms with Crippen LogP contribution in [0.25, 0.3) is 26.9 Å². The van der Waals surface area contributed by atoms with Crippen LogP contribution in [0.5, 0.6) is 0 Å². The van der Waals surface area contributed by atoms with Gasteiger partial charge >= 0.3 is 0 Å². The molecule has 5 nitrogen and oxygen atoms in total. The van der Waals surface area contributed by atoms with Gasteiger partial charge in [0.2, 0.25) is 0 Å². The molecule has 0 unspecified atom stereocenters. The van der Waals surface area contributed by atoms with Gasteiger partial charge in [-0.05, 0) is 78.7 Å². The normalized spacial score (nSPS) is 21.8. The van der Waals surface area contributed by atoms with Crippen LogP contribution in [-0.4, -0.2) is 21.3 Å². The lowest BCUT2D eigenvalue weighted by Gasteiger charge is -2.58. The van der Waals surface area contributed by atoms with E-state index in [1.54, 1.807) is 19.2 Å².